The summed E-state index contributed by atoms with van der Waals surface area (Å²) in [4.78, 5) is 16.8. The second-order valence-corrected chi connectivity index (χ2v) is 6.11. The van der Waals surface area contributed by atoms with Crippen LogP contribution in [0.5, 0.6) is 0 Å². The highest BCUT2D eigenvalue weighted by Gasteiger charge is 2.11. The molecule has 0 aliphatic carbocycles. The monoisotopic (exact) mass is 360 g/mol. The molecule has 0 saturated carbocycles. The molecule has 134 valence electrons. The van der Waals surface area contributed by atoms with Gasteiger partial charge >= 0.3 is 0 Å². The molecule has 27 heavy (non-hydrogen) atoms. The van der Waals surface area contributed by atoms with Crippen LogP contribution in [0.15, 0.2) is 55.5 Å². The zero-order valence-electron chi connectivity index (χ0n) is 14.2. The summed E-state index contributed by atoms with van der Waals surface area (Å²) in [6.45, 7) is 0.476. The van der Waals surface area contributed by atoms with E-state index in [-0.39, 0.29) is 6.61 Å². The molecule has 0 saturated heterocycles. The van der Waals surface area contributed by atoms with Crippen LogP contribution in [-0.4, -0.2) is 45.8 Å². The van der Waals surface area contributed by atoms with E-state index in [1.54, 1.807) is 17.1 Å². The number of H-pyrrole nitrogens is 1. The minimum atomic E-state index is 0.0353. The third-order valence-corrected chi connectivity index (χ3v) is 4.29. The average Bonchev–Trinajstić information content (AvgIpc) is 3.41. The Hall–Kier alpha value is -3.72. The number of anilines is 2. The molecule has 0 amide bonds. The molecule has 5 rings (SSSR count). The van der Waals surface area contributed by atoms with Gasteiger partial charge in [0.15, 0.2) is 11.5 Å². The minimum absolute atomic E-state index is 0.0353. The number of aliphatic hydroxyl groups excluding tert-OH is 1. The molecule has 9 nitrogen and oxygen atoms in total. The lowest BCUT2D eigenvalue weighted by atomic mass is 10.2. The third-order valence-electron chi connectivity index (χ3n) is 4.29. The number of rotatable bonds is 5. The Balaban J connectivity index is 1.57. The molecule has 3 N–H and O–H groups in total. The van der Waals surface area contributed by atoms with Gasteiger partial charge in [-0.1, -0.05) is 0 Å². The van der Waals surface area contributed by atoms with Gasteiger partial charge in [-0.15, -0.1) is 0 Å². The first-order chi connectivity index (χ1) is 13.3. The van der Waals surface area contributed by atoms with Gasteiger partial charge < -0.3 is 19.8 Å². The van der Waals surface area contributed by atoms with E-state index >= 15 is 0 Å². The maximum Gasteiger partial charge on any atom is 0.180 e. The molecule has 0 atom stereocenters. The zero-order chi connectivity index (χ0) is 18.2. The number of fused-ring (bicyclic) bond motifs is 2. The largest absolute Gasteiger partial charge is 0.394 e. The number of imidazole rings is 1. The van der Waals surface area contributed by atoms with Crippen LogP contribution >= 0.6 is 0 Å². The van der Waals surface area contributed by atoms with Crippen molar-refractivity contribution in [1.29, 1.82) is 0 Å². The van der Waals surface area contributed by atoms with Gasteiger partial charge in [0.25, 0.3) is 0 Å². The molecule has 0 aliphatic rings. The summed E-state index contributed by atoms with van der Waals surface area (Å²) in [5, 5.41) is 16.5. The fourth-order valence-corrected chi connectivity index (χ4v) is 3.02. The lowest BCUT2D eigenvalue weighted by molar-refractivity contribution is 0.269. The molecule has 0 unspecified atom stereocenters. The van der Waals surface area contributed by atoms with Crippen LogP contribution in [0.1, 0.15) is 0 Å². The highest BCUT2D eigenvalue weighted by Crippen LogP contribution is 2.25. The van der Waals surface area contributed by atoms with Crippen LogP contribution in [-0.2, 0) is 6.54 Å². The van der Waals surface area contributed by atoms with Crippen molar-refractivity contribution in [2.75, 3.05) is 11.9 Å². The van der Waals surface area contributed by atoms with E-state index in [9.17, 15) is 0 Å². The molecule has 0 radical (unpaired) electrons. The van der Waals surface area contributed by atoms with Crippen LogP contribution < -0.4 is 5.32 Å². The van der Waals surface area contributed by atoms with E-state index < -0.39 is 0 Å². The second-order valence-electron chi connectivity index (χ2n) is 6.11. The Morgan fingerprint density at radius 1 is 1.19 bits per heavy atom. The number of aliphatic hydroxyl groups is 1. The van der Waals surface area contributed by atoms with E-state index in [1.165, 1.54) is 0 Å². The Morgan fingerprint density at radius 2 is 2.15 bits per heavy atom. The molecule has 0 spiro atoms. The average molecular weight is 360 g/mol. The molecule has 0 aromatic carbocycles. The van der Waals surface area contributed by atoms with Gasteiger partial charge in [-0.3, -0.25) is 9.67 Å². The quantitative estimate of drug-likeness (QED) is 0.443. The van der Waals surface area contributed by atoms with Crippen LogP contribution in [0.3, 0.4) is 0 Å². The van der Waals surface area contributed by atoms with Gasteiger partial charge in [0.1, 0.15) is 0 Å². The minimum Gasteiger partial charge on any atom is -0.394 e. The fourth-order valence-electron chi connectivity index (χ4n) is 3.02. The second kappa shape index (κ2) is 6.22. The van der Waals surface area contributed by atoms with Gasteiger partial charge in [-0.05, 0) is 12.1 Å². The molecular weight excluding hydrogens is 344 g/mol. The number of aromatic amines is 1. The van der Waals surface area contributed by atoms with Crippen molar-refractivity contribution < 1.29 is 5.11 Å². The zero-order valence-corrected chi connectivity index (χ0v) is 14.2. The smallest absolute Gasteiger partial charge is 0.180 e. The van der Waals surface area contributed by atoms with Crippen molar-refractivity contribution in [3.05, 3.63) is 55.5 Å². The first-order valence-corrected chi connectivity index (χ1v) is 8.48. The van der Waals surface area contributed by atoms with Crippen LogP contribution in [0.4, 0.5) is 11.5 Å². The molecular formula is C18H16N8O. The van der Waals surface area contributed by atoms with Crippen molar-refractivity contribution >= 4 is 28.2 Å². The van der Waals surface area contributed by atoms with Gasteiger partial charge in [0, 0.05) is 42.7 Å². The third kappa shape index (κ3) is 2.79. The summed E-state index contributed by atoms with van der Waals surface area (Å²) < 4.78 is 3.58. The van der Waals surface area contributed by atoms with Crippen LogP contribution in [0, 0.1) is 0 Å². The standard InChI is InChI=1S/C18H16N8O/c27-6-5-26-10-13(9-22-26)23-17-18-20-3-4-25(18)11-16(24-17)12-7-15-14(21-8-12)1-2-19-15/h1-4,7-11,19,27H,5-6H2,(H,23,24). The summed E-state index contributed by atoms with van der Waals surface area (Å²) in [6, 6.07) is 3.96. The topological polar surface area (TPSA) is 109 Å². The number of hydrogen-bond donors (Lipinski definition) is 3. The SMILES string of the molecule is OCCn1cc(Nc2nc(-c3cnc4cc[nH]c4c3)cn3ccnc23)cn1. The van der Waals surface area contributed by atoms with E-state index in [0.717, 1.165) is 28.0 Å². The Bertz CT molecular complexity index is 1230. The van der Waals surface area contributed by atoms with Gasteiger partial charge in [0.2, 0.25) is 0 Å². The first kappa shape index (κ1) is 15.5. The summed E-state index contributed by atoms with van der Waals surface area (Å²) >= 11 is 0. The predicted molar refractivity (Wildman–Crippen MR) is 101 cm³/mol. The van der Waals surface area contributed by atoms with Crippen molar-refractivity contribution in [3.63, 3.8) is 0 Å². The lowest BCUT2D eigenvalue weighted by Crippen LogP contribution is -2.02. The first-order valence-electron chi connectivity index (χ1n) is 8.48. The summed E-state index contributed by atoms with van der Waals surface area (Å²) in [5.74, 6) is 0.618. The number of aromatic nitrogens is 7. The number of pyridine rings is 1. The van der Waals surface area contributed by atoms with Gasteiger partial charge in [0.05, 0.1) is 41.8 Å². The van der Waals surface area contributed by atoms with Crippen molar-refractivity contribution in [2.45, 2.75) is 6.54 Å². The maximum absolute atomic E-state index is 9.04. The Morgan fingerprint density at radius 3 is 3.07 bits per heavy atom. The lowest BCUT2D eigenvalue weighted by Gasteiger charge is -2.08. The van der Waals surface area contributed by atoms with Crippen LogP contribution in [0.25, 0.3) is 27.9 Å². The van der Waals surface area contributed by atoms with Crippen molar-refractivity contribution in [2.24, 2.45) is 0 Å². The molecule has 5 aromatic rings. The molecule has 5 aromatic heterocycles. The molecule has 5 heterocycles. The number of nitrogens with zero attached hydrogens (tertiary/aromatic N) is 6. The van der Waals surface area contributed by atoms with E-state index in [4.69, 9.17) is 10.1 Å². The fraction of sp³-hybridized carbons (Fsp3) is 0.111. The number of hydrogen-bond acceptors (Lipinski definition) is 6. The predicted octanol–water partition coefficient (Wildman–Crippen LogP) is 2.20. The van der Waals surface area contributed by atoms with Gasteiger partial charge in [-0.25, -0.2) is 9.97 Å². The van der Waals surface area contributed by atoms with E-state index in [1.807, 2.05) is 47.5 Å². The van der Waals surface area contributed by atoms with E-state index in [0.29, 0.717) is 18.0 Å². The summed E-state index contributed by atoms with van der Waals surface area (Å²) in [5.41, 5.74) is 5.03. The highest BCUT2D eigenvalue weighted by molar-refractivity contribution is 5.81. The molecule has 9 heteroatoms. The van der Waals surface area contributed by atoms with E-state index in [2.05, 4.69) is 25.4 Å². The molecule has 0 aliphatic heterocycles. The maximum atomic E-state index is 9.04. The van der Waals surface area contributed by atoms with Crippen LogP contribution in [0.2, 0.25) is 0 Å². The molecule has 0 bridgehead atoms. The van der Waals surface area contributed by atoms with Gasteiger partial charge in [-0.2, -0.15) is 5.10 Å². The normalized spacial score (nSPS) is 11.4. The summed E-state index contributed by atoms with van der Waals surface area (Å²) in [7, 11) is 0. The number of nitrogens with one attached hydrogen (secondary N) is 2. The summed E-state index contributed by atoms with van der Waals surface area (Å²) in [6.07, 6.45) is 12.7. The highest BCUT2D eigenvalue weighted by atomic mass is 16.3. The Kier molecular flexibility index (Phi) is 3.58. The molecule has 0 fully saturated rings. The van der Waals surface area contributed by atoms with Crippen molar-refractivity contribution in [3.8, 4) is 11.3 Å². The Labute approximate surface area is 153 Å². The van der Waals surface area contributed by atoms with Crippen molar-refractivity contribution in [1.82, 2.24) is 34.1 Å².